The Morgan fingerprint density at radius 3 is 1.17 bits per heavy atom. The average Bonchev–Trinajstić information content (AvgIpc) is 1.57. The monoisotopic (exact) mass is 2200 g/mol. The van der Waals surface area contributed by atoms with E-state index in [1.807, 2.05) is 55.6 Å². The molecule has 0 unspecified atom stereocenters. The van der Waals surface area contributed by atoms with Crippen molar-refractivity contribution in [3.8, 4) is 138 Å². The first-order valence-corrected chi connectivity index (χ1v) is 51.7. The van der Waals surface area contributed by atoms with Crippen molar-refractivity contribution < 1.29 is 117 Å². The number of nitrogens with one attached hydrogen (secondary N) is 8. The number of phenols is 3. The predicted octanol–water partition coefficient (Wildman–Crippen LogP) is 12.7. The van der Waals surface area contributed by atoms with Crippen LogP contribution in [0.5, 0.6) is 46.0 Å². The third kappa shape index (κ3) is 36.1. The second kappa shape index (κ2) is 59.3. The number of benzene rings is 7. The molecule has 794 valence electrons. The Labute approximate surface area is 883 Å². The molecule has 0 spiro atoms. The van der Waals surface area contributed by atoms with Gasteiger partial charge in [0.25, 0.3) is 0 Å². The SMILES string of the molecule is C#CCCN(C)c1ccc(-c2nc(SCC(=O)O)n[nH]2)cc1.CCN(CC)c1ccc(-c2nc(SCC(=O)O)n[nH]2)c(O)c1.COc1cc(-c2nc(SCC(=O)O)n[nH]2)cc(O)c1OC.COc1cc(F)c(-c2nc(SCC(=O)O)n[nH]2)cc1OC.COc1ccc(-c2nc(SCC(=O)O)n[nH]2)c(O)c1.O=C(O)CSc1n[nH]c(-c2ccc(N3CCCCC3)cc2F)n1.O=C(O)CSc1n[nH]c(-c2cccc(N3CCNCC3)c2)n1. The molecule has 0 bridgehead atoms. The van der Waals surface area contributed by atoms with Crippen LogP contribution in [0.1, 0.15) is 39.5 Å². The van der Waals surface area contributed by atoms with Crippen molar-refractivity contribution in [2.75, 3.05) is 161 Å². The molecule has 2 saturated heterocycles. The van der Waals surface area contributed by atoms with Gasteiger partial charge in [0.15, 0.2) is 63.8 Å². The zero-order valence-electron chi connectivity index (χ0n) is 81.4. The van der Waals surface area contributed by atoms with Crippen molar-refractivity contribution in [3.63, 3.8) is 0 Å². The van der Waals surface area contributed by atoms with E-state index in [0.29, 0.717) is 112 Å². The zero-order chi connectivity index (χ0) is 108. The largest absolute Gasteiger partial charge is 0.507 e. The Balaban J connectivity index is 0.000000179. The number of anilines is 4. The molecule has 7 aromatic carbocycles. The Kier molecular flexibility index (Phi) is 45.9. The lowest BCUT2D eigenvalue weighted by atomic mass is 10.1. The van der Waals surface area contributed by atoms with Crippen LogP contribution in [0.15, 0.2) is 163 Å². The van der Waals surface area contributed by atoms with Crippen LogP contribution in [-0.4, -0.2) is 341 Å². The molecule has 2 fully saturated rings. The number of methoxy groups -OCH3 is 5. The number of piperidine rings is 1. The molecule has 0 atom stereocenters. The highest BCUT2D eigenvalue weighted by atomic mass is 32.2. The summed E-state index contributed by atoms with van der Waals surface area (Å²) >= 11 is 7.13. The van der Waals surface area contributed by atoms with Crippen LogP contribution in [0, 0.1) is 24.0 Å². The molecule has 0 radical (unpaired) electrons. The number of phenolic OH excluding ortho intramolecular Hbond substituents is 3. The van der Waals surface area contributed by atoms with E-state index in [9.17, 15) is 57.7 Å². The molecule has 18 N–H and O–H groups in total. The summed E-state index contributed by atoms with van der Waals surface area (Å²) in [6.45, 7) is 12.5. The molecule has 2 aliphatic heterocycles. The fourth-order valence-corrected chi connectivity index (χ4v) is 17.1. The number of nitrogens with zero attached hydrogens (tertiary/aromatic N) is 18. The van der Waals surface area contributed by atoms with E-state index < -0.39 is 47.6 Å². The maximum atomic E-state index is 14.4. The van der Waals surface area contributed by atoms with Gasteiger partial charge in [-0.1, -0.05) is 94.5 Å². The summed E-state index contributed by atoms with van der Waals surface area (Å²) in [4.78, 5) is 112. The van der Waals surface area contributed by atoms with E-state index in [-0.39, 0.29) is 91.4 Å². The topological polar surface area (TPSA) is 684 Å². The average molecular weight is 2200 g/mol. The molecule has 0 saturated carbocycles. The number of aliphatic carboxylic acids is 7. The van der Waals surface area contributed by atoms with Gasteiger partial charge in [-0.2, -0.15) is 0 Å². The Hall–Kier alpha value is -15.8. The number of rotatable bonds is 41. The number of halogens is 2. The highest BCUT2D eigenvalue weighted by Gasteiger charge is 2.24. The van der Waals surface area contributed by atoms with E-state index in [0.717, 1.165) is 188 Å². The maximum absolute atomic E-state index is 14.4. The number of thioether (sulfide) groups is 7. The van der Waals surface area contributed by atoms with Crippen molar-refractivity contribution in [2.45, 2.75) is 75.6 Å². The van der Waals surface area contributed by atoms with E-state index >= 15 is 0 Å². The number of piperazine rings is 1. The summed E-state index contributed by atoms with van der Waals surface area (Å²) < 4.78 is 53.7. The second-order valence-electron chi connectivity index (χ2n) is 30.6. The van der Waals surface area contributed by atoms with E-state index in [2.05, 4.69) is 163 Å². The number of H-pyrrole nitrogens is 7. The first-order valence-electron chi connectivity index (χ1n) is 44.8. The summed E-state index contributed by atoms with van der Waals surface area (Å²) in [6.07, 6.45) is 9.46. The molecule has 48 nitrogen and oxygen atoms in total. The standard InChI is InChI=1S/C15H17FN4O2S.C15H16N4O2S.C14H17N5O2S.C14H18N4O3S.C12H12FN3O4S.C12H13N3O5S.C11H11N3O4S/c16-12-8-10(20-6-2-1-3-7-20)4-5-11(12)14-17-15(19-18-14)23-9-13(21)22;1-3-4-9-19(2)12-7-5-11(6-8-12)14-16-15(18-17-14)22-10-13(20)21;20-12(21)9-22-14-16-13(17-18-14)10-2-1-3-11(8-10)19-6-4-15-5-7-19;1-3-18(4-2)9-5-6-10(11(19)7-9)13-15-14(17-16-13)22-8-12(20)21;1-19-8-3-6(7(13)4-9(8)20-2)11-14-12(16-15-11)21-5-10(17)18;1-19-8-4-6(3-7(16)10(8)20-2)11-13-12(15-14-11)21-5-9(17)18;1-18-6-2-3-7(8(15)4-6)10-12-11(14-13-10)19-5-9(16)17/h4-5,8H,1-3,6-7,9H2,(H,21,22)(H,17,18,19);1,5-8H,4,9-10H2,2H3,(H,20,21)(H,16,17,18);1-3,8,15H,4-7,9H2,(H,20,21)(H,16,17,18);5-7,19H,3-4,8H2,1-2H3,(H,20,21)(H,15,16,17);3-4H,5H2,1-2H3,(H,17,18)(H,14,15,16);3-4,16H,5H2,1-2H3,(H,17,18)(H,13,14,15);2-4,15H,5H2,1H3,(H,16,17)(H,12,13,14). The number of carbonyl (C=O) groups is 7. The number of carboxylic acids is 7. The van der Waals surface area contributed by atoms with Gasteiger partial charge in [0.05, 0.1) is 98.1 Å². The first-order chi connectivity index (χ1) is 72.2. The van der Waals surface area contributed by atoms with Crippen LogP contribution in [0.4, 0.5) is 31.5 Å². The summed E-state index contributed by atoms with van der Waals surface area (Å²) in [7, 11) is 9.22. The molecule has 0 amide bonds. The minimum Gasteiger partial charge on any atom is -0.507 e. The fourth-order valence-electron chi connectivity index (χ4n) is 13.4. The van der Waals surface area contributed by atoms with Gasteiger partial charge >= 0.3 is 41.8 Å². The van der Waals surface area contributed by atoms with Gasteiger partial charge in [0.2, 0.25) is 41.8 Å². The summed E-state index contributed by atoms with van der Waals surface area (Å²) in [6, 6.07) is 36.9. The number of terminal acetylenes is 1. The highest BCUT2D eigenvalue weighted by Crippen LogP contribution is 2.42. The molecule has 150 heavy (non-hydrogen) atoms. The third-order valence-corrected chi connectivity index (χ3v) is 26.3. The van der Waals surface area contributed by atoms with Crippen LogP contribution in [0.25, 0.3) is 79.7 Å². The Bertz CT molecular complexity index is 6860. The van der Waals surface area contributed by atoms with Gasteiger partial charge < -0.3 is 99.7 Å². The zero-order valence-corrected chi connectivity index (χ0v) is 87.1. The minimum absolute atomic E-state index is 0.00489. The quantitative estimate of drug-likeness (QED) is 0.0125. The smallest absolute Gasteiger partial charge is 0.313 e. The second-order valence-corrected chi connectivity index (χ2v) is 37.2. The molecule has 0 aliphatic carbocycles. The maximum Gasteiger partial charge on any atom is 0.313 e. The molecule has 2 aliphatic rings. The van der Waals surface area contributed by atoms with Crippen molar-refractivity contribution >= 4 is 147 Å². The van der Waals surface area contributed by atoms with Crippen LogP contribution >= 0.6 is 82.3 Å². The predicted molar refractivity (Wildman–Crippen MR) is 560 cm³/mol. The van der Waals surface area contributed by atoms with Gasteiger partial charge in [-0.15, -0.1) is 48.0 Å². The first kappa shape index (κ1) is 116. The van der Waals surface area contributed by atoms with Crippen LogP contribution < -0.4 is 48.6 Å². The number of hydrogen-bond donors (Lipinski definition) is 18. The molecule has 16 rings (SSSR count). The van der Waals surface area contributed by atoms with Gasteiger partial charge in [0.1, 0.15) is 28.9 Å². The molecular weight excluding hydrogens is 2100 g/mol. The van der Waals surface area contributed by atoms with Crippen molar-refractivity contribution in [3.05, 3.63) is 139 Å². The molecule has 9 heterocycles. The van der Waals surface area contributed by atoms with Crippen LogP contribution in [-0.2, 0) is 33.6 Å². The highest BCUT2D eigenvalue weighted by molar-refractivity contribution is 8.01. The number of ether oxygens (including phenoxy) is 5. The number of aromatic hydroxyl groups is 3. The van der Waals surface area contributed by atoms with Gasteiger partial charge in [-0.05, 0) is 130 Å². The van der Waals surface area contributed by atoms with Crippen molar-refractivity contribution in [1.82, 2.24) is 112 Å². The fraction of sp³-hybridized carbons (Fsp3) is 0.301. The molecule has 7 aromatic heterocycles. The van der Waals surface area contributed by atoms with Gasteiger partial charge in [-0.25, -0.2) is 43.7 Å². The summed E-state index contributed by atoms with van der Waals surface area (Å²) in [5, 5.41) is 142. The lowest BCUT2D eigenvalue weighted by Crippen LogP contribution is -2.43. The number of aromatic nitrogens is 21. The van der Waals surface area contributed by atoms with E-state index in [4.69, 9.17) is 65.9 Å². The van der Waals surface area contributed by atoms with Crippen LogP contribution in [0.3, 0.4) is 0 Å². The minimum atomic E-state index is -0.983. The number of aromatic amines is 7. The van der Waals surface area contributed by atoms with Crippen LogP contribution in [0.2, 0.25) is 0 Å². The lowest BCUT2D eigenvalue weighted by Gasteiger charge is -2.29. The van der Waals surface area contributed by atoms with E-state index in [1.165, 1.54) is 72.3 Å². The Morgan fingerprint density at radius 2 is 0.760 bits per heavy atom. The molecular formula is C93H104F2N26O22S7. The van der Waals surface area contributed by atoms with Gasteiger partial charge in [0, 0.05) is 130 Å². The van der Waals surface area contributed by atoms with Crippen molar-refractivity contribution in [2.24, 2.45) is 0 Å². The number of hydrogen-bond acceptors (Lipinski definition) is 41. The summed E-state index contributed by atoms with van der Waals surface area (Å²) in [5.41, 5.74) is 7.92. The van der Waals surface area contributed by atoms with E-state index in [1.54, 1.807) is 36.4 Å². The van der Waals surface area contributed by atoms with Gasteiger partial charge in [-0.3, -0.25) is 69.3 Å². The summed E-state index contributed by atoms with van der Waals surface area (Å²) in [5.74, 6) is -0.916. The van der Waals surface area contributed by atoms with Crippen molar-refractivity contribution in [1.29, 1.82) is 0 Å². The lowest BCUT2D eigenvalue weighted by molar-refractivity contribution is -0.134. The third-order valence-electron chi connectivity index (χ3n) is 20.5. The number of carboxylic acid groups (broad SMARTS) is 7. The Morgan fingerprint density at radius 1 is 0.380 bits per heavy atom. The normalized spacial score (nSPS) is 11.8. The molecule has 14 aromatic rings. The molecule has 57 heteroatoms.